The highest BCUT2D eigenvalue weighted by molar-refractivity contribution is 5.93. The summed E-state index contributed by atoms with van der Waals surface area (Å²) >= 11 is 0. The van der Waals surface area contributed by atoms with E-state index in [4.69, 9.17) is 14.8 Å². The van der Waals surface area contributed by atoms with Gasteiger partial charge >= 0.3 is 0 Å². The number of carbonyl (C=O) groups excluding carboxylic acids is 2. The van der Waals surface area contributed by atoms with Crippen LogP contribution in [-0.2, 0) is 9.63 Å². The van der Waals surface area contributed by atoms with Gasteiger partial charge in [-0.3, -0.25) is 19.6 Å². The first-order valence-corrected chi connectivity index (χ1v) is 7.77. The zero-order valence-electron chi connectivity index (χ0n) is 14.7. The Morgan fingerprint density at radius 3 is 2.52 bits per heavy atom. The fourth-order valence-corrected chi connectivity index (χ4v) is 1.76. The number of ether oxygens (including phenoxy) is 1. The van der Waals surface area contributed by atoms with Crippen LogP contribution in [0, 0.1) is 35.8 Å². The molecule has 0 spiro atoms. The van der Waals surface area contributed by atoms with Gasteiger partial charge in [0.05, 0.1) is 5.56 Å². The van der Waals surface area contributed by atoms with E-state index >= 15 is 0 Å². The van der Waals surface area contributed by atoms with Crippen LogP contribution < -0.4 is 15.7 Å². The molecule has 2 atom stereocenters. The number of hydrogen-bond acceptors (Lipinski definition) is 5. The molecule has 0 bridgehead atoms. The van der Waals surface area contributed by atoms with Gasteiger partial charge in [0, 0.05) is 0 Å². The van der Waals surface area contributed by atoms with Gasteiger partial charge in [0.25, 0.3) is 11.8 Å². The quantitative estimate of drug-likeness (QED) is 0.377. The third-order valence-electron chi connectivity index (χ3n) is 3.62. The third kappa shape index (κ3) is 6.34. The molecular weight excluding hydrogens is 324 g/mol. The van der Waals surface area contributed by atoms with Crippen molar-refractivity contribution in [3.63, 3.8) is 0 Å². The Kier molecular flexibility index (Phi) is 8.28. The van der Waals surface area contributed by atoms with Crippen LogP contribution in [0.4, 0.5) is 0 Å². The molecular formula is C18H22N2O5. The zero-order chi connectivity index (χ0) is 18.8. The summed E-state index contributed by atoms with van der Waals surface area (Å²) in [6.45, 7) is 7.51. The molecule has 2 unspecified atom stereocenters. The SMILES string of the molecule is CC#CCOc1c#cc(C(=O)NOC(C(=O)NO)C(C)C(C)C)cc1. The first-order valence-electron chi connectivity index (χ1n) is 7.77. The smallest absolute Gasteiger partial charge is 0.283 e. The Hall–Kier alpha value is -2.74. The van der Waals surface area contributed by atoms with E-state index in [-0.39, 0.29) is 24.0 Å². The lowest BCUT2D eigenvalue weighted by Crippen LogP contribution is -2.44. The Bertz CT molecular complexity index is 631. The second-order valence-electron chi connectivity index (χ2n) is 5.63. The Balaban J connectivity index is 2.67. The van der Waals surface area contributed by atoms with Crippen LogP contribution >= 0.6 is 0 Å². The maximum absolute atomic E-state index is 12.1. The van der Waals surface area contributed by atoms with E-state index in [0.29, 0.717) is 5.75 Å². The van der Waals surface area contributed by atoms with Crippen LogP contribution in [0.3, 0.4) is 0 Å². The summed E-state index contributed by atoms with van der Waals surface area (Å²) in [6.07, 6.45) is -1.03. The summed E-state index contributed by atoms with van der Waals surface area (Å²) in [6, 6.07) is 8.37. The third-order valence-corrected chi connectivity index (χ3v) is 3.62. The molecule has 2 amide bonds. The van der Waals surface area contributed by atoms with Gasteiger partial charge in [0.1, 0.15) is 6.61 Å². The van der Waals surface area contributed by atoms with Crippen molar-refractivity contribution in [1.29, 1.82) is 0 Å². The zero-order valence-corrected chi connectivity index (χ0v) is 14.7. The first-order chi connectivity index (χ1) is 11.9. The fraction of sp³-hybridized carbons (Fsp3) is 0.444. The standard InChI is InChI=1S/C18H22N2O5/c1-5-6-11-24-15-9-7-14(8-10-15)17(21)20-25-16(18(22)19-23)13(4)12(2)3/h7,9,12-13,16,23H,11H2,1-4H3,(H,19,22)(H,20,21). The fourth-order valence-electron chi connectivity index (χ4n) is 1.76. The van der Waals surface area contributed by atoms with E-state index in [0.717, 1.165) is 0 Å². The van der Waals surface area contributed by atoms with Crippen LogP contribution in [0.2, 0.25) is 0 Å². The van der Waals surface area contributed by atoms with Gasteiger partial charge < -0.3 is 4.74 Å². The molecule has 0 aliphatic rings. The molecule has 134 valence electrons. The molecule has 0 aliphatic carbocycles. The molecule has 0 aliphatic heterocycles. The number of nitrogens with one attached hydrogen (secondary N) is 2. The molecule has 0 saturated carbocycles. The van der Waals surface area contributed by atoms with Crippen LogP contribution in [-0.4, -0.2) is 29.7 Å². The largest absolute Gasteiger partial charge is 0.473 e. The molecule has 25 heavy (non-hydrogen) atoms. The van der Waals surface area contributed by atoms with Crippen molar-refractivity contribution in [2.75, 3.05) is 6.61 Å². The van der Waals surface area contributed by atoms with E-state index < -0.39 is 17.9 Å². The normalized spacial score (nSPS) is 12.2. The second-order valence-corrected chi connectivity index (χ2v) is 5.63. The lowest BCUT2D eigenvalue weighted by atomic mass is 9.92. The number of hydroxylamine groups is 2. The summed E-state index contributed by atoms with van der Waals surface area (Å²) in [5.41, 5.74) is 3.90. The van der Waals surface area contributed by atoms with E-state index in [1.165, 1.54) is 11.5 Å². The number of carbonyl (C=O) groups is 2. The van der Waals surface area contributed by atoms with E-state index in [1.807, 2.05) is 13.8 Å². The molecule has 0 heterocycles. The van der Waals surface area contributed by atoms with Gasteiger partial charge in [-0.2, -0.15) is 0 Å². The van der Waals surface area contributed by atoms with Crippen molar-refractivity contribution in [3.8, 4) is 17.6 Å². The van der Waals surface area contributed by atoms with Gasteiger partial charge in [-0.1, -0.05) is 32.8 Å². The average Bonchev–Trinajstić information content (AvgIpc) is 2.61. The molecule has 1 rings (SSSR count). The van der Waals surface area contributed by atoms with Crippen molar-refractivity contribution < 1.29 is 24.4 Å². The lowest BCUT2D eigenvalue weighted by molar-refractivity contribution is -0.150. The minimum Gasteiger partial charge on any atom is -0.473 e. The van der Waals surface area contributed by atoms with Crippen LogP contribution in [0.5, 0.6) is 5.75 Å². The molecule has 0 radical (unpaired) electrons. The molecule has 3 N–H and O–H groups in total. The topological polar surface area (TPSA) is 96.9 Å². The maximum Gasteiger partial charge on any atom is 0.283 e. The predicted octanol–water partition coefficient (Wildman–Crippen LogP) is 1.52. The molecule has 7 nitrogen and oxygen atoms in total. The lowest BCUT2D eigenvalue weighted by Gasteiger charge is -2.24. The van der Waals surface area contributed by atoms with Gasteiger partial charge in [-0.25, -0.2) is 11.0 Å². The highest BCUT2D eigenvalue weighted by Crippen LogP contribution is 2.17. The molecule has 0 saturated heterocycles. The summed E-state index contributed by atoms with van der Waals surface area (Å²) in [5, 5.41) is 8.81. The van der Waals surface area contributed by atoms with E-state index in [1.54, 1.807) is 19.9 Å². The molecule has 7 heteroatoms. The second kappa shape index (κ2) is 10.2. The molecule has 0 fully saturated rings. The molecule has 1 aromatic rings. The predicted molar refractivity (Wildman–Crippen MR) is 89.3 cm³/mol. The highest BCUT2D eigenvalue weighted by atomic mass is 16.7. The van der Waals surface area contributed by atoms with Gasteiger partial charge in [0.15, 0.2) is 11.9 Å². The number of rotatable bonds is 8. The van der Waals surface area contributed by atoms with Gasteiger partial charge in [0.2, 0.25) is 0 Å². The minimum atomic E-state index is -1.03. The Morgan fingerprint density at radius 1 is 1.28 bits per heavy atom. The van der Waals surface area contributed by atoms with E-state index in [9.17, 15) is 9.59 Å². The van der Waals surface area contributed by atoms with Crippen molar-refractivity contribution in [2.24, 2.45) is 11.8 Å². The maximum atomic E-state index is 12.1. The number of amides is 2. The minimum absolute atomic E-state index is 0.0988. The monoisotopic (exact) mass is 346 g/mol. The molecule has 0 aromatic heterocycles. The summed E-state index contributed by atoms with van der Waals surface area (Å²) < 4.78 is 5.28. The van der Waals surface area contributed by atoms with Crippen LogP contribution in [0.25, 0.3) is 0 Å². The highest BCUT2D eigenvalue weighted by Gasteiger charge is 2.29. The van der Waals surface area contributed by atoms with Crippen molar-refractivity contribution in [2.45, 2.75) is 33.8 Å². The average molecular weight is 346 g/mol. The molecule has 1 aromatic carbocycles. The summed E-state index contributed by atoms with van der Waals surface area (Å²) in [5.74, 6) is 4.37. The van der Waals surface area contributed by atoms with E-state index in [2.05, 4.69) is 29.5 Å². The summed E-state index contributed by atoms with van der Waals surface area (Å²) in [7, 11) is 0. The van der Waals surface area contributed by atoms with Crippen molar-refractivity contribution in [3.05, 3.63) is 29.8 Å². The van der Waals surface area contributed by atoms with Crippen molar-refractivity contribution >= 4 is 11.8 Å². The van der Waals surface area contributed by atoms with Crippen molar-refractivity contribution in [1.82, 2.24) is 11.0 Å². The summed E-state index contributed by atoms with van der Waals surface area (Å²) in [4.78, 5) is 29.0. The van der Waals surface area contributed by atoms with Gasteiger partial charge in [-0.15, -0.1) is 5.92 Å². The Morgan fingerprint density at radius 2 is 2.00 bits per heavy atom. The van der Waals surface area contributed by atoms with Gasteiger partial charge in [-0.05, 0) is 37.0 Å². The first kappa shape index (κ1) is 20.3. The Labute approximate surface area is 147 Å². The van der Waals surface area contributed by atoms with Crippen LogP contribution in [0.15, 0.2) is 12.1 Å². The number of hydrogen-bond donors (Lipinski definition) is 3. The van der Waals surface area contributed by atoms with Crippen LogP contribution in [0.1, 0.15) is 38.1 Å².